The number of carbonyl (C=O) groups excluding carboxylic acids is 1. The molecule has 0 bridgehead atoms. The molecule has 1 aliphatic rings. The molecule has 0 aromatic carbocycles. The SMILES string of the molecule is CCNc1cc(C(=O)NCCC2CCCO2)ccn1. The number of ether oxygens (including phenoxy) is 1. The summed E-state index contributed by atoms with van der Waals surface area (Å²) in [5.74, 6) is 0.675. The van der Waals surface area contributed by atoms with Gasteiger partial charge in [-0.3, -0.25) is 4.79 Å². The fraction of sp³-hybridized carbons (Fsp3) is 0.571. The number of rotatable bonds is 6. The fourth-order valence-electron chi connectivity index (χ4n) is 2.17. The molecule has 0 aliphatic carbocycles. The highest BCUT2D eigenvalue weighted by Crippen LogP contribution is 2.14. The first-order valence-corrected chi connectivity index (χ1v) is 6.89. The third-order valence-corrected chi connectivity index (χ3v) is 3.16. The predicted octanol–water partition coefficient (Wildman–Crippen LogP) is 1.81. The van der Waals surface area contributed by atoms with Gasteiger partial charge in [-0.2, -0.15) is 0 Å². The summed E-state index contributed by atoms with van der Waals surface area (Å²) in [5, 5.41) is 6.01. The summed E-state index contributed by atoms with van der Waals surface area (Å²) in [6.45, 7) is 4.30. The molecule has 1 saturated heterocycles. The number of nitrogens with zero attached hydrogens (tertiary/aromatic N) is 1. The molecule has 0 saturated carbocycles. The maximum absolute atomic E-state index is 12.0. The molecule has 0 radical (unpaired) electrons. The lowest BCUT2D eigenvalue weighted by Crippen LogP contribution is -2.27. The van der Waals surface area contributed by atoms with Crippen molar-refractivity contribution in [3.63, 3.8) is 0 Å². The Kier molecular flexibility index (Phi) is 5.15. The summed E-state index contributed by atoms with van der Waals surface area (Å²) in [6, 6.07) is 3.49. The van der Waals surface area contributed by atoms with E-state index < -0.39 is 0 Å². The number of pyridine rings is 1. The van der Waals surface area contributed by atoms with Crippen LogP contribution in [0.1, 0.15) is 36.5 Å². The van der Waals surface area contributed by atoms with Gasteiger partial charge >= 0.3 is 0 Å². The lowest BCUT2D eigenvalue weighted by molar-refractivity contribution is 0.0907. The standard InChI is InChI=1S/C14H21N3O2/c1-2-15-13-10-11(5-7-16-13)14(18)17-8-6-12-4-3-9-19-12/h5,7,10,12H,2-4,6,8-9H2,1H3,(H,15,16)(H,17,18). The van der Waals surface area contributed by atoms with Crippen molar-refractivity contribution in [3.05, 3.63) is 23.9 Å². The van der Waals surface area contributed by atoms with Crippen LogP contribution in [0.4, 0.5) is 5.82 Å². The van der Waals surface area contributed by atoms with Gasteiger partial charge in [-0.25, -0.2) is 4.98 Å². The maximum Gasteiger partial charge on any atom is 0.251 e. The minimum Gasteiger partial charge on any atom is -0.378 e. The number of carbonyl (C=O) groups is 1. The Balaban J connectivity index is 1.79. The van der Waals surface area contributed by atoms with Crippen molar-refractivity contribution in [2.75, 3.05) is 25.0 Å². The van der Waals surface area contributed by atoms with Crippen molar-refractivity contribution in [2.24, 2.45) is 0 Å². The molecule has 2 rings (SSSR count). The Labute approximate surface area is 113 Å². The normalized spacial score (nSPS) is 18.3. The minimum atomic E-state index is -0.0560. The third kappa shape index (κ3) is 4.21. The Morgan fingerprint density at radius 3 is 3.21 bits per heavy atom. The second-order valence-electron chi connectivity index (χ2n) is 4.64. The monoisotopic (exact) mass is 263 g/mol. The van der Waals surface area contributed by atoms with Crippen LogP contribution in [-0.2, 0) is 4.74 Å². The van der Waals surface area contributed by atoms with E-state index in [9.17, 15) is 4.79 Å². The molecule has 1 amide bonds. The second-order valence-corrected chi connectivity index (χ2v) is 4.64. The first kappa shape index (κ1) is 13.8. The third-order valence-electron chi connectivity index (χ3n) is 3.16. The molecule has 0 spiro atoms. The predicted molar refractivity (Wildman–Crippen MR) is 74.3 cm³/mol. The number of anilines is 1. The van der Waals surface area contributed by atoms with E-state index >= 15 is 0 Å². The molecule has 2 heterocycles. The molecule has 1 aromatic rings. The molecular formula is C14H21N3O2. The highest BCUT2D eigenvalue weighted by atomic mass is 16.5. The van der Waals surface area contributed by atoms with Crippen molar-refractivity contribution in [2.45, 2.75) is 32.3 Å². The molecule has 1 unspecified atom stereocenters. The summed E-state index contributed by atoms with van der Waals surface area (Å²) in [6.07, 6.45) is 5.09. The molecule has 2 N–H and O–H groups in total. The van der Waals surface area contributed by atoms with Crippen LogP contribution >= 0.6 is 0 Å². The topological polar surface area (TPSA) is 63.2 Å². The van der Waals surface area contributed by atoms with Crippen LogP contribution in [0.5, 0.6) is 0 Å². The van der Waals surface area contributed by atoms with Crippen molar-refractivity contribution in [1.82, 2.24) is 10.3 Å². The van der Waals surface area contributed by atoms with E-state index in [-0.39, 0.29) is 5.91 Å². The van der Waals surface area contributed by atoms with Gasteiger partial charge in [0.25, 0.3) is 5.91 Å². The maximum atomic E-state index is 12.0. The Morgan fingerprint density at radius 1 is 1.58 bits per heavy atom. The van der Waals surface area contributed by atoms with Gasteiger partial charge in [0.05, 0.1) is 6.10 Å². The first-order valence-electron chi connectivity index (χ1n) is 6.89. The van der Waals surface area contributed by atoms with Gasteiger partial charge in [0, 0.05) is 31.5 Å². The molecular weight excluding hydrogens is 242 g/mol. The van der Waals surface area contributed by atoms with Gasteiger partial charge < -0.3 is 15.4 Å². The average molecular weight is 263 g/mol. The summed E-state index contributed by atoms with van der Waals surface area (Å²) >= 11 is 0. The number of nitrogens with one attached hydrogen (secondary N) is 2. The molecule has 1 aromatic heterocycles. The van der Waals surface area contributed by atoms with E-state index in [0.717, 1.165) is 38.2 Å². The quantitative estimate of drug-likeness (QED) is 0.821. The molecule has 1 aliphatic heterocycles. The van der Waals surface area contributed by atoms with Crippen molar-refractivity contribution < 1.29 is 9.53 Å². The molecule has 1 atom stereocenters. The van der Waals surface area contributed by atoms with E-state index in [2.05, 4.69) is 15.6 Å². The first-order chi connectivity index (χ1) is 9.29. The highest BCUT2D eigenvalue weighted by molar-refractivity contribution is 5.94. The van der Waals surface area contributed by atoms with Crippen molar-refractivity contribution >= 4 is 11.7 Å². The van der Waals surface area contributed by atoms with Crippen LogP contribution < -0.4 is 10.6 Å². The van der Waals surface area contributed by atoms with Gasteiger partial charge in [-0.05, 0) is 38.3 Å². The van der Waals surface area contributed by atoms with Crippen LogP contribution in [0.25, 0.3) is 0 Å². The van der Waals surface area contributed by atoms with Crippen LogP contribution in [0.3, 0.4) is 0 Å². The van der Waals surface area contributed by atoms with E-state index in [1.54, 1.807) is 18.3 Å². The van der Waals surface area contributed by atoms with Gasteiger partial charge in [-0.1, -0.05) is 0 Å². The Hall–Kier alpha value is -1.62. The number of hydrogen-bond acceptors (Lipinski definition) is 4. The van der Waals surface area contributed by atoms with Crippen LogP contribution in [0, 0.1) is 0 Å². The second kappa shape index (κ2) is 7.09. The Bertz CT molecular complexity index is 417. The zero-order valence-corrected chi connectivity index (χ0v) is 11.3. The van der Waals surface area contributed by atoms with Crippen LogP contribution in [0.15, 0.2) is 18.3 Å². The minimum absolute atomic E-state index is 0.0560. The van der Waals surface area contributed by atoms with Crippen molar-refractivity contribution in [1.29, 1.82) is 0 Å². The number of aromatic nitrogens is 1. The Morgan fingerprint density at radius 2 is 2.47 bits per heavy atom. The molecule has 1 fully saturated rings. The molecule has 5 nitrogen and oxygen atoms in total. The largest absolute Gasteiger partial charge is 0.378 e. The fourth-order valence-corrected chi connectivity index (χ4v) is 2.17. The number of amides is 1. The zero-order chi connectivity index (χ0) is 13.5. The van der Waals surface area contributed by atoms with Crippen molar-refractivity contribution in [3.8, 4) is 0 Å². The smallest absolute Gasteiger partial charge is 0.251 e. The zero-order valence-electron chi connectivity index (χ0n) is 11.3. The van der Waals surface area contributed by atoms with Gasteiger partial charge in [-0.15, -0.1) is 0 Å². The van der Waals surface area contributed by atoms with Gasteiger partial charge in [0.1, 0.15) is 5.82 Å². The van der Waals surface area contributed by atoms with E-state index in [1.165, 1.54) is 0 Å². The highest BCUT2D eigenvalue weighted by Gasteiger charge is 2.15. The molecule has 19 heavy (non-hydrogen) atoms. The summed E-state index contributed by atoms with van der Waals surface area (Å²) in [7, 11) is 0. The summed E-state index contributed by atoms with van der Waals surface area (Å²) < 4.78 is 5.52. The average Bonchev–Trinajstić information content (AvgIpc) is 2.92. The summed E-state index contributed by atoms with van der Waals surface area (Å²) in [5.41, 5.74) is 0.637. The number of hydrogen-bond donors (Lipinski definition) is 2. The van der Waals surface area contributed by atoms with Gasteiger partial charge in [0.15, 0.2) is 0 Å². The van der Waals surface area contributed by atoms with E-state index in [4.69, 9.17) is 4.74 Å². The molecule has 5 heteroatoms. The van der Waals surface area contributed by atoms with E-state index in [0.29, 0.717) is 18.2 Å². The molecule has 104 valence electrons. The lowest BCUT2D eigenvalue weighted by Gasteiger charge is -2.10. The van der Waals surface area contributed by atoms with Crippen LogP contribution in [0.2, 0.25) is 0 Å². The van der Waals surface area contributed by atoms with Crippen LogP contribution in [-0.4, -0.2) is 36.7 Å². The van der Waals surface area contributed by atoms with E-state index in [1.807, 2.05) is 6.92 Å². The summed E-state index contributed by atoms with van der Waals surface area (Å²) in [4.78, 5) is 16.1. The lowest BCUT2D eigenvalue weighted by atomic mass is 10.2. The van der Waals surface area contributed by atoms with Gasteiger partial charge in [0.2, 0.25) is 0 Å².